The number of hydrogen-bond acceptors (Lipinski definition) is 3. The number of halogens is 1. The molecule has 0 spiro atoms. The van der Waals surface area contributed by atoms with Crippen molar-refractivity contribution < 1.29 is 5.11 Å². The highest BCUT2D eigenvalue weighted by molar-refractivity contribution is 6.32. The van der Waals surface area contributed by atoms with E-state index in [1.54, 1.807) is 19.1 Å². The predicted octanol–water partition coefficient (Wildman–Crippen LogP) is 1.64. The van der Waals surface area contributed by atoms with Crippen molar-refractivity contribution in [2.24, 2.45) is 5.84 Å². The van der Waals surface area contributed by atoms with Gasteiger partial charge in [0.05, 0.1) is 10.7 Å². The number of hydrogen-bond donors (Lipinski definition) is 3. The largest absolute Gasteiger partial charge is 0.506 e. The Morgan fingerprint density at radius 1 is 1.55 bits per heavy atom. The summed E-state index contributed by atoms with van der Waals surface area (Å²) in [6.07, 6.45) is 0. The fourth-order valence-corrected chi connectivity index (χ4v) is 1.09. The maximum atomic E-state index is 9.23. The molecule has 0 aromatic heterocycles. The number of anilines is 1. The van der Waals surface area contributed by atoms with Crippen LogP contribution in [0.5, 0.6) is 5.75 Å². The first-order chi connectivity index (χ1) is 5.15. The van der Waals surface area contributed by atoms with Gasteiger partial charge in [0.2, 0.25) is 0 Å². The van der Waals surface area contributed by atoms with Crippen molar-refractivity contribution in [1.82, 2.24) is 0 Å². The molecule has 0 radical (unpaired) electrons. The Hall–Kier alpha value is -0.930. The van der Waals surface area contributed by atoms with E-state index in [0.29, 0.717) is 16.3 Å². The lowest BCUT2D eigenvalue weighted by Gasteiger charge is -2.04. The van der Waals surface area contributed by atoms with Gasteiger partial charge in [0.25, 0.3) is 0 Å². The molecule has 0 fully saturated rings. The molecule has 0 atom stereocenters. The van der Waals surface area contributed by atoms with Crippen LogP contribution in [0.15, 0.2) is 12.1 Å². The second-order valence-electron chi connectivity index (χ2n) is 2.27. The Bertz CT molecular complexity index is 252. The molecule has 60 valence electrons. The van der Waals surface area contributed by atoms with Crippen LogP contribution in [-0.4, -0.2) is 5.11 Å². The summed E-state index contributed by atoms with van der Waals surface area (Å²) in [5, 5.41) is 9.53. The molecule has 0 aliphatic rings. The second kappa shape index (κ2) is 2.98. The summed E-state index contributed by atoms with van der Waals surface area (Å²) >= 11 is 5.65. The summed E-state index contributed by atoms with van der Waals surface area (Å²) < 4.78 is 0. The fourth-order valence-electron chi connectivity index (χ4n) is 0.820. The highest BCUT2D eigenvalue weighted by Gasteiger charge is 2.02. The van der Waals surface area contributed by atoms with Gasteiger partial charge in [0.15, 0.2) is 0 Å². The van der Waals surface area contributed by atoms with Crippen LogP contribution in [-0.2, 0) is 0 Å². The van der Waals surface area contributed by atoms with Gasteiger partial charge >= 0.3 is 0 Å². The molecular formula is C7H9ClN2O. The van der Waals surface area contributed by atoms with Crippen molar-refractivity contribution in [3.8, 4) is 5.75 Å². The van der Waals surface area contributed by atoms with Crippen molar-refractivity contribution in [3.63, 3.8) is 0 Å². The average Bonchev–Trinajstić information content (AvgIpc) is 1.99. The van der Waals surface area contributed by atoms with Crippen LogP contribution in [0.1, 0.15) is 5.56 Å². The highest BCUT2D eigenvalue weighted by atomic mass is 35.5. The van der Waals surface area contributed by atoms with E-state index in [1.807, 2.05) is 0 Å². The maximum absolute atomic E-state index is 9.23. The quantitative estimate of drug-likeness (QED) is 0.343. The van der Waals surface area contributed by atoms with E-state index in [2.05, 4.69) is 5.43 Å². The van der Waals surface area contributed by atoms with Crippen LogP contribution < -0.4 is 11.3 Å². The number of phenols is 1. The first-order valence-corrected chi connectivity index (χ1v) is 3.48. The van der Waals surface area contributed by atoms with Gasteiger partial charge in [-0.3, -0.25) is 5.84 Å². The zero-order chi connectivity index (χ0) is 8.43. The van der Waals surface area contributed by atoms with E-state index in [1.165, 1.54) is 0 Å². The zero-order valence-electron chi connectivity index (χ0n) is 6.06. The molecule has 1 rings (SSSR count). The molecule has 1 aromatic carbocycles. The Kier molecular flexibility index (Phi) is 2.22. The van der Waals surface area contributed by atoms with Gasteiger partial charge in [-0.05, 0) is 24.6 Å². The molecule has 0 amide bonds. The van der Waals surface area contributed by atoms with Crippen LogP contribution in [0.4, 0.5) is 5.69 Å². The lowest BCUT2D eigenvalue weighted by Crippen LogP contribution is -2.06. The minimum atomic E-state index is 0.102. The molecule has 1 aromatic rings. The first-order valence-electron chi connectivity index (χ1n) is 3.11. The molecule has 0 heterocycles. The Morgan fingerprint density at radius 3 is 2.64 bits per heavy atom. The molecule has 0 saturated heterocycles. The van der Waals surface area contributed by atoms with Crippen LogP contribution in [0, 0.1) is 6.92 Å². The second-order valence-corrected chi connectivity index (χ2v) is 2.68. The van der Waals surface area contributed by atoms with E-state index in [4.69, 9.17) is 17.4 Å². The van der Waals surface area contributed by atoms with E-state index in [9.17, 15) is 5.11 Å². The summed E-state index contributed by atoms with van der Waals surface area (Å²) in [7, 11) is 0. The topological polar surface area (TPSA) is 58.3 Å². The summed E-state index contributed by atoms with van der Waals surface area (Å²) in [4.78, 5) is 0. The number of aromatic hydroxyl groups is 1. The van der Waals surface area contributed by atoms with E-state index >= 15 is 0 Å². The van der Waals surface area contributed by atoms with Crippen molar-refractivity contribution in [2.45, 2.75) is 6.92 Å². The summed E-state index contributed by atoms with van der Waals surface area (Å²) in [6.45, 7) is 1.75. The zero-order valence-corrected chi connectivity index (χ0v) is 6.81. The Balaban J connectivity index is 3.21. The summed E-state index contributed by atoms with van der Waals surface area (Å²) in [5.74, 6) is 5.25. The van der Waals surface area contributed by atoms with Crippen molar-refractivity contribution in [1.29, 1.82) is 0 Å². The monoisotopic (exact) mass is 172 g/mol. The Labute approximate surface area is 69.8 Å². The van der Waals surface area contributed by atoms with E-state index in [-0.39, 0.29) is 5.75 Å². The molecule has 11 heavy (non-hydrogen) atoms. The SMILES string of the molecule is Cc1cc(NN)cc(Cl)c1O. The normalized spacial score (nSPS) is 9.73. The number of aryl methyl sites for hydroxylation is 1. The Morgan fingerprint density at radius 2 is 2.18 bits per heavy atom. The number of benzene rings is 1. The molecule has 0 unspecified atom stereocenters. The highest BCUT2D eigenvalue weighted by Crippen LogP contribution is 2.29. The number of rotatable bonds is 1. The summed E-state index contributed by atoms with van der Waals surface area (Å²) in [5.41, 5.74) is 3.83. The van der Waals surface area contributed by atoms with Crippen LogP contribution in [0.25, 0.3) is 0 Å². The van der Waals surface area contributed by atoms with Crippen molar-refractivity contribution in [3.05, 3.63) is 22.7 Å². The number of nitrogen functional groups attached to an aromatic ring is 1. The molecule has 0 saturated carbocycles. The minimum absolute atomic E-state index is 0.102. The van der Waals surface area contributed by atoms with Crippen LogP contribution in [0.3, 0.4) is 0 Å². The van der Waals surface area contributed by atoms with Gasteiger partial charge in [-0.2, -0.15) is 0 Å². The van der Waals surface area contributed by atoms with Gasteiger partial charge in [0.1, 0.15) is 5.75 Å². The minimum Gasteiger partial charge on any atom is -0.506 e. The van der Waals surface area contributed by atoms with Crippen LogP contribution >= 0.6 is 11.6 Å². The van der Waals surface area contributed by atoms with Gasteiger partial charge < -0.3 is 10.5 Å². The average molecular weight is 173 g/mol. The molecule has 3 nitrogen and oxygen atoms in total. The first kappa shape index (κ1) is 8.17. The number of phenolic OH excluding ortho intramolecular Hbond substituents is 1. The van der Waals surface area contributed by atoms with Gasteiger partial charge in [-0.25, -0.2) is 0 Å². The molecule has 0 aliphatic carbocycles. The molecule has 0 bridgehead atoms. The molecular weight excluding hydrogens is 164 g/mol. The molecule has 0 aliphatic heterocycles. The van der Waals surface area contributed by atoms with E-state index in [0.717, 1.165) is 0 Å². The van der Waals surface area contributed by atoms with Crippen molar-refractivity contribution in [2.75, 3.05) is 5.43 Å². The predicted molar refractivity (Wildman–Crippen MR) is 45.7 cm³/mol. The van der Waals surface area contributed by atoms with Gasteiger partial charge in [-0.15, -0.1) is 0 Å². The lowest BCUT2D eigenvalue weighted by atomic mass is 10.2. The van der Waals surface area contributed by atoms with Gasteiger partial charge in [-0.1, -0.05) is 11.6 Å². The third kappa shape index (κ3) is 1.56. The summed E-state index contributed by atoms with van der Waals surface area (Å²) in [6, 6.07) is 3.27. The number of nitrogens with two attached hydrogens (primary N) is 1. The third-order valence-corrected chi connectivity index (χ3v) is 1.71. The smallest absolute Gasteiger partial charge is 0.137 e. The maximum Gasteiger partial charge on any atom is 0.137 e. The number of hydrazine groups is 1. The lowest BCUT2D eigenvalue weighted by molar-refractivity contribution is 0.471. The van der Waals surface area contributed by atoms with E-state index < -0.39 is 0 Å². The molecule has 4 N–H and O–H groups in total. The standard InChI is InChI=1S/C7H9ClN2O/c1-4-2-5(10-9)3-6(8)7(4)11/h2-3,10-11H,9H2,1H3. The molecule has 4 heteroatoms. The van der Waals surface area contributed by atoms with Gasteiger partial charge in [0, 0.05) is 0 Å². The number of nitrogens with one attached hydrogen (secondary N) is 1. The van der Waals surface area contributed by atoms with Crippen LogP contribution in [0.2, 0.25) is 5.02 Å². The van der Waals surface area contributed by atoms with Crippen molar-refractivity contribution >= 4 is 17.3 Å². The third-order valence-electron chi connectivity index (χ3n) is 1.42. The fraction of sp³-hybridized carbons (Fsp3) is 0.143.